The van der Waals surface area contributed by atoms with Gasteiger partial charge in [-0.3, -0.25) is 16.0 Å². The van der Waals surface area contributed by atoms with Gasteiger partial charge in [0.25, 0.3) is 0 Å². The zero-order chi connectivity index (χ0) is 13.7. The number of ether oxygens (including phenoxy) is 1. The Morgan fingerprint density at radius 3 is 2.74 bits per heavy atom. The van der Waals surface area contributed by atoms with Gasteiger partial charge in [0, 0.05) is 25.0 Å². The predicted octanol–water partition coefficient (Wildman–Crippen LogP) is 0.356. The van der Waals surface area contributed by atoms with E-state index in [0.29, 0.717) is 5.88 Å². The molecule has 102 valence electrons. The quantitative estimate of drug-likeness (QED) is 0.577. The molecule has 0 amide bonds. The minimum absolute atomic E-state index is 0.0479. The minimum atomic E-state index is -0.0479. The van der Waals surface area contributed by atoms with Crippen LogP contribution in [-0.4, -0.2) is 27.1 Å². The number of aromatic nitrogens is 4. The Morgan fingerprint density at radius 1 is 1.37 bits per heavy atom. The molecule has 7 nitrogen and oxygen atoms in total. The van der Waals surface area contributed by atoms with Crippen LogP contribution in [0.4, 0.5) is 0 Å². The van der Waals surface area contributed by atoms with Gasteiger partial charge in [0.2, 0.25) is 5.88 Å². The van der Waals surface area contributed by atoms with Gasteiger partial charge in [0.1, 0.15) is 0 Å². The van der Waals surface area contributed by atoms with Gasteiger partial charge in [-0.15, -0.1) is 5.10 Å². The van der Waals surface area contributed by atoms with Crippen molar-refractivity contribution in [3.8, 4) is 5.88 Å². The summed E-state index contributed by atoms with van der Waals surface area (Å²) in [5.74, 6) is 6.07. The smallest absolute Gasteiger partial charge is 0.233 e. The molecule has 7 heteroatoms. The normalized spacial score (nSPS) is 12.4. The van der Waals surface area contributed by atoms with Crippen LogP contribution in [0.5, 0.6) is 5.88 Å². The number of rotatable bonds is 6. The topological polar surface area (TPSA) is 90.9 Å². The van der Waals surface area contributed by atoms with Crippen LogP contribution in [0.15, 0.2) is 24.4 Å². The second kappa shape index (κ2) is 6.26. The predicted molar refractivity (Wildman–Crippen MR) is 70.2 cm³/mol. The molecule has 3 N–H and O–H groups in total. The Kier molecular flexibility index (Phi) is 4.43. The van der Waals surface area contributed by atoms with Crippen molar-refractivity contribution in [2.45, 2.75) is 18.9 Å². The molecule has 0 saturated carbocycles. The summed E-state index contributed by atoms with van der Waals surface area (Å²) in [6.45, 7) is 0. The Bertz CT molecular complexity index is 509. The van der Waals surface area contributed by atoms with Crippen LogP contribution in [0.2, 0.25) is 0 Å². The average Bonchev–Trinajstić information content (AvgIpc) is 2.86. The number of nitrogens with two attached hydrogens (primary N) is 1. The Labute approximate surface area is 111 Å². The lowest BCUT2D eigenvalue weighted by Gasteiger charge is -2.14. The number of hydrogen-bond acceptors (Lipinski definition) is 6. The van der Waals surface area contributed by atoms with Gasteiger partial charge in [-0.25, -0.2) is 0 Å². The van der Waals surface area contributed by atoms with Crippen molar-refractivity contribution in [1.29, 1.82) is 0 Å². The van der Waals surface area contributed by atoms with Crippen LogP contribution in [0, 0.1) is 0 Å². The van der Waals surface area contributed by atoms with Gasteiger partial charge >= 0.3 is 0 Å². The maximum Gasteiger partial charge on any atom is 0.233 e. The summed E-state index contributed by atoms with van der Waals surface area (Å²) in [5, 5.41) is 12.2. The second-order valence-corrected chi connectivity index (χ2v) is 4.20. The maximum atomic E-state index is 5.58. The summed E-state index contributed by atoms with van der Waals surface area (Å²) in [7, 11) is 3.48. The van der Waals surface area contributed by atoms with Crippen LogP contribution in [0.3, 0.4) is 0 Å². The van der Waals surface area contributed by atoms with Gasteiger partial charge in [-0.1, -0.05) is 0 Å². The first-order valence-electron chi connectivity index (χ1n) is 6.05. The van der Waals surface area contributed by atoms with E-state index < -0.39 is 0 Å². The van der Waals surface area contributed by atoms with E-state index in [1.165, 1.54) is 0 Å². The van der Waals surface area contributed by atoms with Gasteiger partial charge in [-0.2, -0.15) is 10.2 Å². The summed E-state index contributed by atoms with van der Waals surface area (Å²) >= 11 is 0. The van der Waals surface area contributed by atoms with Crippen molar-refractivity contribution in [3.63, 3.8) is 0 Å². The molecular weight excluding hydrogens is 244 g/mol. The molecule has 0 aliphatic carbocycles. The third-order valence-electron chi connectivity index (χ3n) is 3.04. The zero-order valence-corrected chi connectivity index (χ0v) is 11.1. The van der Waals surface area contributed by atoms with Crippen LogP contribution >= 0.6 is 0 Å². The lowest BCUT2D eigenvalue weighted by molar-refractivity contribution is 0.388. The highest BCUT2D eigenvalue weighted by atomic mass is 16.5. The molecule has 0 aromatic carbocycles. The molecule has 2 rings (SSSR count). The van der Waals surface area contributed by atoms with Crippen LogP contribution in [0.25, 0.3) is 0 Å². The molecule has 1 atom stereocenters. The van der Waals surface area contributed by atoms with Crippen molar-refractivity contribution < 1.29 is 4.74 Å². The summed E-state index contributed by atoms with van der Waals surface area (Å²) in [4.78, 5) is 0. The summed E-state index contributed by atoms with van der Waals surface area (Å²) < 4.78 is 6.83. The van der Waals surface area contributed by atoms with Crippen molar-refractivity contribution >= 4 is 0 Å². The molecule has 0 spiro atoms. The molecule has 0 fully saturated rings. The number of nitrogens with one attached hydrogen (secondary N) is 1. The molecule has 19 heavy (non-hydrogen) atoms. The summed E-state index contributed by atoms with van der Waals surface area (Å²) in [6, 6.07) is 5.58. The molecular formula is C12H18N6O. The molecule has 0 aliphatic heterocycles. The highest BCUT2D eigenvalue weighted by Crippen LogP contribution is 2.17. The van der Waals surface area contributed by atoms with Gasteiger partial charge in [-0.05, 0) is 25.0 Å². The fourth-order valence-corrected chi connectivity index (χ4v) is 1.88. The Morgan fingerprint density at radius 2 is 2.21 bits per heavy atom. The molecule has 2 heterocycles. The summed E-state index contributed by atoms with van der Waals surface area (Å²) in [5.41, 5.74) is 4.72. The molecule has 0 aliphatic rings. The number of aryl methyl sites for hydroxylation is 2. The van der Waals surface area contributed by atoms with E-state index in [1.54, 1.807) is 19.4 Å². The van der Waals surface area contributed by atoms with Crippen molar-refractivity contribution in [2.75, 3.05) is 7.11 Å². The van der Waals surface area contributed by atoms with Crippen molar-refractivity contribution in [1.82, 2.24) is 25.4 Å². The Balaban J connectivity index is 2.01. The first kappa shape index (κ1) is 13.4. The highest BCUT2D eigenvalue weighted by Gasteiger charge is 2.13. The van der Waals surface area contributed by atoms with E-state index in [-0.39, 0.29) is 6.04 Å². The van der Waals surface area contributed by atoms with E-state index in [1.807, 2.05) is 23.9 Å². The average molecular weight is 262 g/mol. The number of nitrogens with zero attached hydrogens (tertiary/aromatic N) is 4. The van der Waals surface area contributed by atoms with Crippen molar-refractivity contribution in [3.05, 3.63) is 35.8 Å². The van der Waals surface area contributed by atoms with Crippen molar-refractivity contribution in [2.24, 2.45) is 12.9 Å². The lowest BCUT2D eigenvalue weighted by atomic mass is 10.1. The Hall–Kier alpha value is -1.99. The van der Waals surface area contributed by atoms with E-state index in [9.17, 15) is 0 Å². The monoisotopic (exact) mass is 262 g/mol. The number of methoxy groups -OCH3 is 1. The van der Waals surface area contributed by atoms with Gasteiger partial charge in [0.15, 0.2) is 0 Å². The van der Waals surface area contributed by atoms with E-state index >= 15 is 0 Å². The molecule has 1 unspecified atom stereocenters. The number of hydrogen-bond donors (Lipinski definition) is 2. The summed E-state index contributed by atoms with van der Waals surface area (Å²) in [6.07, 6.45) is 3.46. The SMILES string of the molecule is COc1ccc(C(CCc2ccnn2C)NN)nn1. The largest absolute Gasteiger partial charge is 0.480 e. The van der Waals surface area contributed by atoms with Crippen LogP contribution in [-0.2, 0) is 13.5 Å². The molecule has 0 saturated heterocycles. The maximum absolute atomic E-state index is 5.58. The first-order valence-corrected chi connectivity index (χ1v) is 6.05. The van der Waals surface area contributed by atoms with Crippen LogP contribution < -0.4 is 16.0 Å². The molecule has 0 bridgehead atoms. The number of hydrazine groups is 1. The third kappa shape index (κ3) is 3.27. The fourth-order valence-electron chi connectivity index (χ4n) is 1.88. The van der Waals surface area contributed by atoms with E-state index in [4.69, 9.17) is 10.6 Å². The van der Waals surface area contributed by atoms with E-state index in [2.05, 4.69) is 20.7 Å². The van der Waals surface area contributed by atoms with Crippen LogP contribution in [0.1, 0.15) is 23.9 Å². The lowest BCUT2D eigenvalue weighted by Crippen LogP contribution is -2.29. The molecule has 2 aromatic heterocycles. The molecule has 0 radical (unpaired) electrons. The zero-order valence-electron chi connectivity index (χ0n) is 11.1. The van der Waals surface area contributed by atoms with E-state index in [0.717, 1.165) is 24.2 Å². The third-order valence-corrected chi connectivity index (χ3v) is 3.04. The second-order valence-electron chi connectivity index (χ2n) is 4.20. The first-order chi connectivity index (χ1) is 9.24. The minimum Gasteiger partial charge on any atom is -0.480 e. The van der Waals surface area contributed by atoms with Gasteiger partial charge in [0.05, 0.1) is 18.8 Å². The highest BCUT2D eigenvalue weighted by molar-refractivity contribution is 5.14. The fraction of sp³-hybridized carbons (Fsp3) is 0.417. The molecule has 2 aromatic rings. The van der Waals surface area contributed by atoms with Gasteiger partial charge < -0.3 is 4.74 Å². The standard InChI is InChI=1S/C12H18N6O/c1-18-9(7-8-14-18)3-4-10(15-13)11-5-6-12(19-2)17-16-11/h5-8,10,15H,3-4,13H2,1-2H3.